The first-order chi connectivity index (χ1) is 18.1. The summed E-state index contributed by atoms with van der Waals surface area (Å²) in [6.45, 7) is 4.71. The number of carbonyl (C=O) groups excluding carboxylic acids is 2. The lowest BCUT2D eigenvalue weighted by Gasteiger charge is -2.25. The number of nitrogens with zero attached hydrogens (tertiary/aromatic N) is 2. The normalized spacial score (nSPS) is 12.9. The molecule has 0 saturated heterocycles. The molecule has 0 aromatic heterocycles. The first-order valence-corrected chi connectivity index (χ1v) is 12.8. The van der Waals surface area contributed by atoms with Crippen LogP contribution >= 0.6 is 15.9 Å². The van der Waals surface area contributed by atoms with Crippen molar-refractivity contribution in [2.24, 2.45) is 5.10 Å². The highest BCUT2D eigenvalue weighted by Crippen LogP contribution is 2.22. The van der Waals surface area contributed by atoms with Gasteiger partial charge in [0.2, 0.25) is 0 Å². The molecule has 200 valence electrons. The second kappa shape index (κ2) is 13.9. The zero-order valence-electron chi connectivity index (χ0n) is 21.1. The fourth-order valence-corrected chi connectivity index (χ4v) is 4.15. The molecule has 38 heavy (non-hydrogen) atoms. The molecule has 2 unspecified atom stereocenters. The summed E-state index contributed by atoms with van der Waals surface area (Å²) in [7, 11) is 0. The number of anilines is 1. The molecule has 2 atom stereocenters. The molecular formula is C28H30BrFN4O4. The number of hydrogen-bond acceptors (Lipinski definition) is 6. The molecule has 8 nitrogen and oxygen atoms in total. The molecule has 0 aliphatic rings. The number of hydrazone groups is 1. The van der Waals surface area contributed by atoms with Gasteiger partial charge in [-0.25, -0.2) is 9.82 Å². The third kappa shape index (κ3) is 9.14. The molecule has 0 aliphatic heterocycles. The topological polar surface area (TPSA) is 114 Å². The molecule has 0 spiro atoms. The van der Waals surface area contributed by atoms with Gasteiger partial charge in [-0.05, 0) is 67.4 Å². The number of carbonyl (C=O) groups is 2. The Morgan fingerprint density at radius 1 is 1.00 bits per heavy atom. The molecule has 2 amide bonds. The molecule has 4 N–H and O–H groups in total. The van der Waals surface area contributed by atoms with Crippen LogP contribution in [-0.2, 0) is 6.54 Å². The van der Waals surface area contributed by atoms with Crippen LogP contribution in [0.3, 0.4) is 0 Å². The first kappa shape index (κ1) is 29.1. The number of benzene rings is 3. The highest BCUT2D eigenvalue weighted by Gasteiger charge is 2.16. The average molecular weight is 585 g/mol. The minimum absolute atomic E-state index is 0.188. The van der Waals surface area contributed by atoms with Crippen LogP contribution in [0, 0.1) is 5.82 Å². The fraction of sp³-hybridized carbons (Fsp3) is 0.250. The maximum Gasteiger partial charge on any atom is 0.273 e. The largest absolute Gasteiger partial charge is 0.392 e. The van der Waals surface area contributed by atoms with Gasteiger partial charge in [-0.1, -0.05) is 40.2 Å². The molecular weight excluding hydrogens is 555 g/mol. The van der Waals surface area contributed by atoms with E-state index in [-0.39, 0.29) is 5.56 Å². The van der Waals surface area contributed by atoms with Crippen LogP contribution in [0.2, 0.25) is 0 Å². The van der Waals surface area contributed by atoms with E-state index in [4.69, 9.17) is 0 Å². The molecule has 0 radical (unpaired) electrons. The lowest BCUT2D eigenvalue weighted by molar-refractivity contribution is 0.0794. The quantitative estimate of drug-likeness (QED) is 0.199. The second-order valence-electron chi connectivity index (χ2n) is 8.99. The van der Waals surface area contributed by atoms with Crippen LogP contribution in [-0.4, -0.2) is 58.4 Å². The fourth-order valence-electron chi connectivity index (χ4n) is 3.79. The Kier molecular flexibility index (Phi) is 10.7. The predicted molar refractivity (Wildman–Crippen MR) is 149 cm³/mol. The van der Waals surface area contributed by atoms with E-state index in [9.17, 15) is 24.2 Å². The van der Waals surface area contributed by atoms with Gasteiger partial charge in [-0.15, -0.1) is 0 Å². The highest BCUT2D eigenvalue weighted by molar-refractivity contribution is 9.10. The number of aliphatic hydroxyl groups excluding tert-OH is 2. The van der Waals surface area contributed by atoms with Gasteiger partial charge in [-0.3, -0.25) is 14.5 Å². The maximum absolute atomic E-state index is 13.3. The molecule has 3 aromatic rings. The molecule has 10 heteroatoms. The van der Waals surface area contributed by atoms with Gasteiger partial charge in [0.1, 0.15) is 5.82 Å². The van der Waals surface area contributed by atoms with Crippen molar-refractivity contribution in [1.29, 1.82) is 0 Å². The van der Waals surface area contributed by atoms with E-state index < -0.39 is 29.8 Å². The van der Waals surface area contributed by atoms with Gasteiger partial charge in [-0.2, -0.15) is 5.10 Å². The van der Waals surface area contributed by atoms with Crippen LogP contribution in [0.1, 0.15) is 45.7 Å². The van der Waals surface area contributed by atoms with Gasteiger partial charge >= 0.3 is 0 Å². The van der Waals surface area contributed by atoms with Crippen molar-refractivity contribution in [1.82, 2.24) is 10.3 Å². The van der Waals surface area contributed by atoms with Gasteiger partial charge in [0.25, 0.3) is 11.8 Å². The van der Waals surface area contributed by atoms with Crippen LogP contribution in [0.25, 0.3) is 0 Å². The van der Waals surface area contributed by atoms with E-state index >= 15 is 0 Å². The number of amides is 2. The Morgan fingerprint density at radius 2 is 1.68 bits per heavy atom. The van der Waals surface area contributed by atoms with Crippen molar-refractivity contribution in [3.63, 3.8) is 0 Å². The summed E-state index contributed by atoms with van der Waals surface area (Å²) in [5.74, 6) is -1.37. The monoisotopic (exact) mass is 584 g/mol. The highest BCUT2D eigenvalue weighted by atomic mass is 79.9. The second-order valence-corrected chi connectivity index (χ2v) is 9.90. The summed E-state index contributed by atoms with van der Waals surface area (Å²) >= 11 is 3.34. The van der Waals surface area contributed by atoms with Crippen molar-refractivity contribution in [2.45, 2.75) is 32.6 Å². The van der Waals surface area contributed by atoms with E-state index in [0.29, 0.717) is 40.9 Å². The van der Waals surface area contributed by atoms with Crippen LogP contribution in [0.4, 0.5) is 10.1 Å². The molecule has 0 heterocycles. The van der Waals surface area contributed by atoms with Gasteiger partial charge < -0.3 is 15.5 Å². The van der Waals surface area contributed by atoms with Gasteiger partial charge in [0.15, 0.2) is 0 Å². The van der Waals surface area contributed by atoms with E-state index in [1.54, 1.807) is 50.2 Å². The van der Waals surface area contributed by atoms with Crippen LogP contribution in [0.5, 0.6) is 0 Å². The zero-order valence-corrected chi connectivity index (χ0v) is 22.7. The summed E-state index contributed by atoms with van der Waals surface area (Å²) in [5, 5.41) is 26.1. The van der Waals surface area contributed by atoms with E-state index in [2.05, 4.69) is 31.8 Å². The first-order valence-electron chi connectivity index (χ1n) is 12.0. The molecule has 0 fully saturated rings. The number of rotatable bonds is 11. The SMILES string of the molecule is CC(O)CN(Cc1ccc(C(=O)Nc2ccc(Br)cc2C(=O)NN=Cc2cccc(F)c2)cc1)CC(C)O. The molecule has 0 saturated carbocycles. The van der Waals surface area contributed by atoms with E-state index in [0.717, 1.165) is 5.56 Å². The summed E-state index contributed by atoms with van der Waals surface area (Å²) in [4.78, 5) is 27.7. The number of halogens is 2. The predicted octanol–water partition coefficient (Wildman–Crippen LogP) is 4.17. The van der Waals surface area contributed by atoms with Crippen molar-refractivity contribution < 1.29 is 24.2 Å². The standard InChI is InChI=1S/C28H30BrFN4O4/c1-18(35)15-34(16-19(2)36)17-20-6-8-22(9-7-20)27(37)32-26-11-10-23(29)13-25(26)28(38)33-31-14-21-4-3-5-24(30)12-21/h3-14,18-19,35-36H,15-17H2,1-2H3,(H,32,37)(H,33,38). The van der Waals surface area contributed by atoms with E-state index in [1.807, 2.05) is 17.0 Å². The Bertz CT molecular complexity index is 1270. The zero-order chi connectivity index (χ0) is 27.7. The smallest absolute Gasteiger partial charge is 0.273 e. The minimum Gasteiger partial charge on any atom is -0.392 e. The van der Waals surface area contributed by atoms with Crippen molar-refractivity contribution in [3.8, 4) is 0 Å². The Balaban J connectivity index is 1.68. The van der Waals surface area contributed by atoms with Crippen molar-refractivity contribution >= 4 is 39.6 Å². The Morgan fingerprint density at radius 3 is 2.32 bits per heavy atom. The summed E-state index contributed by atoms with van der Waals surface area (Å²) in [5.41, 5.74) is 4.67. The molecule has 0 bridgehead atoms. The van der Waals surface area contributed by atoms with Crippen molar-refractivity contribution in [2.75, 3.05) is 18.4 Å². The summed E-state index contributed by atoms with van der Waals surface area (Å²) in [6, 6.07) is 17.6. The Hall–Kier alpha value is -3.44. The van der Waals surface area contributed by atoms with Gasteiger partial charge in [0.05, 0.1) is 29.7 Å². The third-order valence-corrected chi connectivity index (χ3v) is 5.86. The van der Waals surface area contributed by atoms with Crippen LogP contribution < -0.4 is 10.7 Å². The average Bonchev–Trinajstić information content (AvgIpc) is 2.84. The maximum atomic E-state index is 13.3. The third-order valence-electron chi connectivity index (χ3n) is 5.37. The summed E-state index contributed by atoms with van der Waals surface area (Å²) < 4.78 is 14.0. The van der Waals surface area contributed by atoms with Gasteiger partial charge in [0, 0.05) is 29.7 Å². The Labute approximate surface area is 229 Å². The lowest BCUT2D eigenvalue weighted by Crippen LogP contribution is -2.35. The lowest BCUT2D eigenvalue weighted by atomic mass is 10.1. The minimum atomic E-state index is -0.555. The molecule has 3 aromatic carbocycles. The number of hydrogen-bond donors (Lipinski definition) is 4. The number of aliphatic hydroxyl groups is 2. The summed E-state index contributed by atoms with van der Waals surface area (Å²) in [6.07, 6.45) is 0.244. The van der Waals surface area contributed by atoms with E-state index in [1.165, 1.54) is 24.4 Å². The van der Waals surface area contributed by atoms with Crippen molar-refractivity contribution in [3.05, 3.63) is 99.3 Å². The molecule has 3 rings (SSSR count). The van der Waals surface area contributed by atoms with Crippen LogP contribution in [0.15, 0.2) is 76.3 Å². The number of nitrogens with one attached hydrogen (secondary N) is 2. The molecule has 0 aliphatic carbocycles.